The minimum atomic E-state index is -1.00. The number of ether oxygens (including phenoxy) is 1. The number of hydrogen-bond donors (Lipinski definition) is 1. The first-order valence-electron chi connectivity index (χ1n) is 14.4. The Morgan fingerprint density at radius 1 is 0.911 bits per heavy atom. The molecule has 13 heteroatoms. The monoisotopic (exact) mass is 681 g/mol. The molecule has 2 aromatic carbocycles. The van der Waals surface area contributed by atoms with Crippen LogP contribution in [0.4, 0.5) is 11.4 Å². The summed E-state index contributed by atoms with van der Waals surface area (Å²) in [6, 6.07) is 7.99. The van der Waals surface area contributed by atoms with E-state index < -0.39 is 43.9 Å². The van der Waals surface area contributed by atoms with Crippen molar-refractivity contribution < 1.29 is 34.1 Å². The highest BCUT2D eigenvalue weighted by atomic mass is 79.9. The van der Waals surface area contributed by atoms with E-state index in [0.29, 0.717) is 45.4 Å². The maximum Gasteiger partial charge on any atom is 0.318 e. The minimum Gasteiger partial charge on any atom is -0.481 e. The zero-order chi connectivity index (χ0) is 33.0. The van der Waals surface area contributed by atoms with Crippen molar-refractivity contribution >= 4 is 44.8 Å². The molecule has 0 amide bonds. The van der Waals surface area contributed by atoms with Crippen LogP contribution in [-0.4, -0.2) is 43.9 Å². The van der Waals surface area contributed by atoms with E-state index >= 15 is 0 Å². The molecule has 0 spiro atoms. The Morgan fingerprint density at radius 2 is 1.47 bits per heavy atom. The number of halogens is 1. The molecule has 1 N–H and O–H groups in total. The van der Waals surface area contributed by atoms with Crippen molar-refractivity contribution in [3.63, 3.8) is 0 Å². The second-order valence-corrected chi connectivity index (χ2v) is 14.2. The molecule has 0 fully saturated rings. The van der Waals surface area contributed by atoms with Gasteiger partial charge in [0.05, 0.1) is 22.3 Å². The topological polar surface area (TPSA) is 170 Å². The van der Waals surface area contributed by atoms with E-state index in [1.807, 2.05) is 32.6 Å². The highest BCUT2D eigenvalue weighted by Gasteiger charge is 2.49. The molecule has 0 atom stereocenters. The van der Waals surface area contributed by atoms with Crippen LogP contribution in [0.25, 0.3) is 0 Å². The number of nitrogens with zero attached hydrogens (tertiary/aromatic N) is 3. The Labute approximate surface area is 267 Å². The minimum absolute atomic E-state index is 0.0866. The number of carbonyl (C=O) groups excluding carboxylic acids is 2. The molecule has 45 heavy (non-hydrogen) atoms. The molecule has 0 unspecified atom stereocenters. The number of nitro benzene ring substituents is 2. The van der Waals surface area contributed by atoms with Crippen molar-refractivity contribution in [2.24, 2.45) is 10.8 Å². The quantitative estimate of drug-likeness (QED) is 0.222. The maximum absolute atomic E-state index is 14.1. The third-order valence-corrected chi connectivity index (χ3v) is 8.92. The van der Waals surface area contributed by atoms with Crippen LogP contribution in [0.15, 0.2) is 63.4 Å². The smallest absolute Gasteiger partial charge is 0.318 e. The summed E-state index contributed by atoms with van der Waals surface area (Å²) in [5.74, 6) is -2.35. The summed E-state index contributed by atoms with van der Waals surface area (Å²) >= 11 is 3.49. The molecular formula is C32H32BrN3O9. The van der Waals surface area contributed by atoms with Gasteiger partial charge in [-0.05, 0) is 47.9 Å². The second kappa shape index (κ2) is 11.5. The average molecular weight is 683 g/mol. The van der Waals surface area contributed by atoms with Crippen LogP contribution >= 0.6 is 15.9 Å². The number of carboxylic acid groups (broad SMARTS) is 1. The van der Waals surface area contributed by atoms with Gasteiger partial charge in [-0.15, -0.1) is 0 Å². The number of carbonyl (C=O) groups is 3. The number of benzene rings is 2. The molecule has 1 aliphatic heterocycles. The zero-order valence-electron chi connectivity index (χ0n) is 25.2. The molecule has 3 aliphatic rings. The molecular weight excluding hydrogens is 650 g/mol. The number of allylic oxidation sites excluding steroid dienone is 4. The van der Waals surface area contributed by atoms with Gasteiger partial charge in [0, 0.05) is 63.9 Å². The first-order valence-corrected chi connectivity index (χ1v) is 15.2. The van der Waals surface area contributed by atoms with Crippen molar-refractivity contribution in [1.82, 2.24) is 4.90 Å². The lowest BCUT2D eigenvalue weighted by atomic mass is 9.63. The maximum atomic E-state index is 14.1. The van der Waals surface area contributed by atoms with Crippen molar-refractivity contribution in [3.05, 3.63) is 89.2 Å². The fraction of sp³-hybridized carbons (Fsp3) is 0.406. The lowest BCUT2D eigenvalue weighted by Crippen LogP contribution is -2.45. The SMILES string of the molecule is CC1(C)CC(=O)C2=C(C1)N(CCC(=O)O)C1=C(C(=O)CC(C)(C)C1)C2c1cc(Br)ccc1Oc1ccc([N+](=O)[O-])cc1[N+](=O)[O-]. The van der Waals surface area contributed by atoms with Crippen molar-refractivity contribution in [2.75, 3.05) is 6.54 Å². The predicted octanol–water partition coefficient (Wildman–Crippen LogP) is 7.22. The van der Waals surface area contributed by atoms with E-state index in [9.17, 15) is 39.7 Å². The number of nitro groups is 2. The Bertz CT molecular complexity index is 1690. The van der Waals surface area contributed by atoms with Crippen LogP contribution < -0.4 is 4.74 Å². The van der Waals surface area contributed by atoms with Crippen molar-refractivity contribution in [1.29, 1.82) is 0 Å². The molecule has 2 aromatic rings. The summed E-state index contributed by atoms with van der Waals surface area (Å²) in [4.78, 5) is 63.4. The number of carboxylic acids is 1. The molecule has 1 heterocycles. The highest BCUT2D eigenvalue weighted by Crippen LogP contribution is 2.56. The summed E-state index contributed by atoms with van der Waals surface area (Å²) < 4.78 is 6.72. The van der Waals surface area contributed by atoms with E-state index in [0.717, 1.165) is 18.2 Å². The fourth-order valence-corrected chi connectivity index (χ4v) is 7.02. The Hall–Kier alpha value is -4.39. The molecule has 2 aliphatic carbocycles. The zero-order valence-corrected chi connectivity index (χ0v) is 26.8. The Morgan fingerprint density at radius 3 is 1.98 bits per heavy atom. The van der Waals surface area contributed by atoms with E-state index in [-0.39, 0.29) is 48.9 Å². The normalized spacial score (nSPS) is 19.3. The summed E-state index contributed by atoms with van der Waals surface area (Å²) in [5.41, 5.74) is 0.560. The van der Waals surface area contributed by atoms with Gasteiger partial charge < -0.3 is 14.7 Å². The van der Waals surface area contributed by atoms with Gasteiger partial charge in [-0.3, -0.25) is 34.6 Å². The highest BCUT2D eigenvalue weighted by molar-refractivity contribution is 9.10. The third kappa shape index (κ3) is 6.26. The molecule has 0 bridgehead atoms. The molecule has 0 radical (unpaired) electrons. The number of hydrogen-bond acceptors (Lipinski definition) is 9. The number of aliphatic carboxylic acids is 1. The Kier molecular flexibility index (Phi) is 8.19. The summed E-state index contributed by atoms with van der Waals surface area (Å²) in [6.45, 7) is 7.98. The number of ketones is 2. The number of rotatable bonds is 8. The average Bonchev–Trinajstić information content (AvgIpc) is 2.91. The van der Waals surface area contributed by atoms with Crippen molar-refractivity contribution in [3.8, 4) is 11.5 Å². The Balaban J connectivity index is 1.76. The van der Waals surface area contributed by atoms with E-state index in [4.69, 9.17) is 4.74 Å². The van der Waals surface area contributed by atoms with Crippen LogP contribution in [0.5, 0.6) is 11.5 Å². The molecule has 0 saturated carbocycles. The summed E-state index contributed by atoms with van der Waals surface area (Å²) in [7, 11) is 0. The van der Waals surface area contributed by atoms with Gasteiger partial charge >= 0.3 is 11.7 Å². The first-order chi connectivity index (χ1) is 21.0. The lowest BCUT2D eigenvalue weighted by Gasteiger charge is -2.49. The van der Waals surface area contributed by atoms with Crippen molar-refractivity contribution in [2.45, 2.75) is 65.7 Å². The van der Waals surface area contributed by atoms with Crippen LogP contribution in [0.2, 0.25) is 0 Å². The van der Waals surface area contributed by atoms with Gasteiger partial charge in [0.25, 0.3) is 5.69 Å². The van der Waals surface area contributed by atoms with E-state index in [2.05, 4.69) is 15.9 Å². The van der Waals surface area contributed by atoms with Gasteiger partial charge in [-0.2, -0.15) is 0 Å². The number of Topliss-reactive ketones (excluding diaryl/α,β-unsaturated/α-hetero) is 2. The van der Waals surface area contributed by atoms with Gasteiger partial charge in [0.15, 0.2) is 11.6 Å². The van der Waals surface area contributed by atoms with Crippen LogP contribution in [0.1, 0.15) is 71.3 Å². The fourth-order valence-electron chi connectivity index (χ4n) is 6.64. The predicted molar refractivity (Wildman–Crippen MR) is 166 cm³/mol. The van der Waals surface area contributed by atoms with Gasteiger partial charge in [0.2, 0.25) is 5.75 Å². The molecule has 0 aromatic heterocycles. The number of non-ortho nitro benzene ring substituents is 1. The standard InChI is InChI=1S/C32H32BrN3O9/c1-31(2)13-21-29(23(37)15-31)28(30-22(34(21)10-9-27(39)40)14-32(3,4)16-24(30)38)19-11-17(33)5-7-25(19)45-26-8-6-18(35(41)42)12-20(26)36(43)44/h5-8,11-12,28H,9-10,13-16H2,1-4H3,(H,39,40). The first kappa shape index (κ1) is 32.0. The van der Waals surface area contributed by atoms with E-state index in [1.54, 1.807) is 18.2 Å². The molecule has 236 valence electrons. The molecule has 0 saturated heterocycles. The van der Waals surface area contributed by atoms with Crippen LogP contribution in [-0.2, 0) is 14.4 Å². The van der Waals surface area contributed by atoms with Crippen LogP contribution in [0.3, 0.4) is 0 Å². The molecule has 5 rings (SSSR count). The molecule has 12 nitrogen and oxygen atoms in total. The summed E-state index contributed by atoms with van der Waals surface area (Å²) in [5, 5.41) is 32.8. The van der Waals surface area contributed by atoms with Crippen LogP contribution in [0, 0.1) is 31.1 Å². The lowest BCUT2D eigenvalue weighted by molar-refractivity contribution is -0.394. The van der Waals surface area contributed by atoms with E-state index in [1.165, 1.54) is 0 Å². The second-order valence-electron chi connectivity index (χ2n) is 13.3. The summed E-state index contributed by atoms with van der Waals surface area (Å²) in [6.07, 6.45) is 1.14. The largest absolute Gasteiger partial charge is 0.481 e. The van der Waals surface area contributed by atoms with Gasteiger partial charge in [0.1, 0.15) is 5.75 Å². The third-order valence-electron chi connectivity index (χ3n) is 8.42. The van der Waals surface area contributed by atoms with Gasteiger partial charge in [-0.25, -0.2) is 0 Å². The van der Waals surface area contributed by atoms with Gasteiger partial charge in [-0.1, -0.05) is 43.6 Å².